The van der Waals surface area contributed by atoms with Gasteiger partial charge in [-0.3, -0.25) is 0 Å². The maximum absolute atomic E-state index is 11.9. The summed E-state index contributed by atoms with van der Waals surface area (Å²) in [6.45, 7) is 3.47. The lowest BCUT2D eigenvalue weighted by atomic mass is 10.1. The third-order valence-electron chi connectivity index (χ3n) is 2.48. The molecule has 1 fully saturated rings. The Morgan fingerprint density at radius 2 is 2.44 bits per heavy atom. The van der Waals surface area contributed by atoms with Crippen LogP contribution in [0, 0.1) is 6.92 Å². The minimum absolute atomic E-state index is 0.00107. The first-order chi connectivity index (χ1) is 7.58. The summed E-state index contributed by atoms with van der Waals surface area (Å²) in [5.41, 5.74) is 0. The first-order valence-corrected chi connectivity index (χ1v) is 7.53. The zero-order valence-corrected chi connectivity index (χ0v) is 10.7. The third kappa shape index (κ3) is 2.79. The molecular formula is C9H15N3O2S2. The van der Waals surface area contributed by atoms with Gasteiger partial charge in [0.2, 0.25) is 0 Å². The highest BCUT2D eigenvalue weighted by Crippen LogP contribution is 2.18. The zero-order valence-electron chi connectivity index (χ0n) is 9.06. The number of nitrogens with one attached hydrogen (secondary N) is 2. The monoisotopic (exact) mass is 261 g/mol. The molecule has 0 radical (unpaired) electrons. The number of aryl methyl sites for hydroxylation is 1. The maximum atomic E-state index is 11.9. The van der Waals surface area contributed by atoms with Crippen molar-refractivity contribution in [1.82, 2.24) is 15.0 Å². The highest BCUT2D eigenvalue weighted by atomic mass is 32.2. The van der Waals surface area contributed by atoms with Crippen LogP contribution in [-0.4, -0.2) is 32.5 Å². The summed E-state index contributed by atoms with van der Waals surface area (Å²) >= 11 is 1.20. The Labute approximate surface area is 99.3 Å². The summed E-state index contributed by atoms with van der Waals surface area (Å²) in [6, 6.07) is 0.00107. The Balaban J connectivity index is 2.07. The molecule has 1 saturated heterocycles. The van der Waals surface area contributed by atoms with Crippen molar-refractivity contribution in [2.75, 3.05) is 13.1 Å². The molecule has 0 bridgehead atoms. The van der Waals surface area contributed by atoms with Crippen LogP contribution in [0.1, 0.15) is 17.8 Å². The van der Waals surface area contributed by atoms with Crippen LogP contribution in [-0.2, 0) is 10.0 Å². The van der Waals surface area contributed by atoms with Gasteiger partial charge in [-0.15, -0.1) is 11.3 Å². The van der Waals surface area contributed by atoms with E-state index < -0.39 is 10.0 Å². The molecule has 90 valence electrons. The van der Waals surface area contributed by atoms with Crippen LogP contribution in [0.15, 0.2) is 10.4 Å². The number of nitrogens with zero attached hydrogens (tertiary/aromatic N) is 1. The van der Waals surface area contributed by atoms with Gasteiger partial charge in [0.1, 0.15) is 0 Å². The number of hydrogen-bond acceptors (Lipinski definition) is 5. The molecular weight excluding hydrogens is 246 g/mol. The van der Waals surface area contributed by atoms with Gasteiger partial charge in [-0.05, 0) is 26.3 Å². The van der Waals surface area contributed by atoms with Crippen LogP contribution in [0.5, 0.6) is 0 Å². The predicted molar refractivity (Wildman–Crippen MR) is 63.1 cm³/mol. The maximum Gasteiger partial charge on any atom is 0.251 e. The Hall–Kier alpha value is -0.500. The minimum Gasteiger partial charge on any atom is -0.315 e. The highest BCUT2D eigenvalue weighted by molar-refractivity contribution is 7.91. The summed E-state index contributed by atoms with van der Waals surface area (Å²) in [6.07, 6.45) is 3.32. The van der Waals surface area contributed by atoms with E-state index in [9.17, 15) is 8.42 Å². The lowest BCUT2D eigenvalue weighted by molar-refractivity contribution is 0.429. The normalized spacial score (nSPS) is 22.2. The third-order valence-corrected chi connectivity index (χ3v) is 5.38. The number of sulfonamides is 1. The zero-order chi connectivity index (χ0) is 11.6. The van der Waals surface area contributed by atoms with E-state index in [1.165, 1.54) is 17.5 Å². The van der Waals surface area contributed by atoms with Crippen molar-refractivity contribution in [3.05, 3.63) is 11.2 Å². The van der Waals surface area contributed by atoms with Crippen molar-refractivity contribution >= 4 is 21.4 Å². The number of piperidine rings is 1. The molecule has 2 N–H and O–H groups in total. The van der Waals surface area contributed by atoms with Crippen LogP contribution >= 0.6 is 11.3 Å². The van der Waals surface area contributed by atoms with Crippen LogP contribution in [0.2, 0.25) is 0 Å². The molecule has 2 rings (SSSR count). The van der Waals surface area contributed by atoms with Crippen molar-refractivity contribution < 1.29 is 8.42 Å². The van der Waals surface area contributed by atoms with Crippen LogP contribution < -0.4 is 10.0 Å². The number of aromatic nitrogens is 1. The van der Waals surface area contributed by atoms with Crippen LogP contribution in [0.3, 0.4) is 0 Å². The molecule has 5 nitrogen and oxygen atoms in total. The fraction of sp³-hybridized carbons (Fsp3) is 0.667. The van der Waals surface area contributed by atoms with Gasteiger partial charge in [0.15, 0.2) is 4.21 Å². The molecule has 0 amide bonds. The van der Waals surface area contributed by atoms with Gasteiger partial charge in [0.25, 0.3) is 10.0 Å². The largest absolute Gasteiger partial charge is 0.315 e. The van der Waals surface area contributed by atoms with E-state index in [2.05, 4.69) is 15.0 Å². The first-order valence-electron chi connectivity index (χ1n) is 5.23. The quantitative estimate of drug-likeness (QED) is 0.830. The van der Waals surface area contributed by atoms with Gasteiger partial charge in [-0.2, -0.15) is 0 Å². The summed E-state index contributed by atoms with van der Waals surface area (Å²) < 4.78 is 26.9. The molecule has 1 atom stereocenters. The smallest absolute Gasteiger partial charge is 0.251 e. The van der Waals surface area contributed by atoms with Crippen molar-refractivity contribution in [3.63, 3.8) is 0 Å². The summed E-state index contributed by atoms with van der Waals surface area (Å²) in [7, 11) is -3.37. The van der Waals surface area contributed by atoms with Gasteiger partial charge >= 0.3 is 0 Å². The van der Waals surface area contributed by atoms with Gasteiger partial charge in [0, 0.05) is 12.6 Å². The van der Waals surface area contributed by atoms with Gasteiger partial charge < -0.3 is 5.32 Å². The minimum atomic E-state index is -3.37. The van der Waals surface area contributed by atoms with Crippen LogP contribution in [0.4, 0.5) is 0 Å². The number of hydrogen-bond donors (Lipinski definition) is 2. The average molecular weight is 261 g/mol. The molecule has 1 aromatic heterocycles. The lowest BCUT2D eigenvalue weighted by Gasteiger charge is -2.23. The average Bonchev–Trinajstić information content (AvgIpc) is 2.66. The van der Waals surface area contributed by atoms with E-state index in [-0.39, 0.29) is 6.04 Å². The molecule has 2 heterocycles. The molecule has 1 aliphatic rings. The molecule has 1 aromatic rings. The Morgan fingerprint density at radius 3 is 3.00 bits per heavy atom. The predicted octanol–water partition coefficient (Wildman–Crippen LogP) is 0.482. The topological polar surface area (TPSA) is 71.1 Å². The van der Waals surface area contributed by atoms with Crippen LogP contribution in [0.25, 0.3) is 0 Å². The lowest BCUT2D eigenvalue weighted by Crippen LogP contribution is -2.45. The second-order valence-corrected chi connectivity index (χ2v) is 7.04. The molecule has 0 aliphatic carbocycles. The molecule has 7 heteroatoms. The van der Waals surface area contributed by atoms with E-state index in [4.69, 9.17) is 0 Å². The van der Waals surface area contributed by atoms with E-state index in [0.717, 1.165) is 24.4 Å². The molecule has 16 heavy (non-hydrogen) atoms. The Bertz CT molecular complexity index is 449. The van der Waals surface area contributed by atoms with Gasteiger partial charge in [-0.25, -0.2) is 18.1 Å². The van der Waals surface area contributed by atoms with Crippen molar-refractivity contribution in [2.45, 2.75) is 30.0 Å². The Kier molecular flexibility index (Phi) is 3.58. The second kappa shape index (κ2) is 4.79. The van der Waals surface area contributed by atoms with Crippen molar-refractivity contribution in [3.8, 4) is 0 Å². The summed E-state index contributed by atoms with van der Waals surface area (Å²) in [4.78, 5) is 3.96. The molecule has 0 aromatic carbocycles. The SMILES string of the molecule is Cc1ncc(S(=O)(=O)NC2CCCNC2)s1. The van der Waals surface area contributed by atoms with Crippen molar-refractivity contribution in [1.29, 1.82) is 0 Å². The molecule has 1 unspecified atom stereocenters. The van der Waals surface area contributed by atoms with Gasteiger partial charge in [0.05, 0.1) is 11.2 Å². The second-order valence-electron chi connectivity index (χ2n) is 3.86. The van der Waals surface area contributed by atoms with E-state index in [1.807, 2.05) is 0 Å². The van der Waals surface area contributed by atoms with Gasteiger partial charge in [-0.1, -0.05) is 0 Å². The van der Waals surface area contributed by atoms with Crippen molar-refractivity contribution in [2.24, 2.45) is 0 Å². The molecule has 0 spiro atoms. The Morgan fingerprint density at radius 1 is 1.62 bits per heavy atom. The standard InChI is InChI=1S/C9H15N3O2S2/c1-7-11-6-9(15-7)16(13,14)12-8-3-2-4-10-5-8/h6,8,10,12H,2-5H2,1H3. The van der Waals surface area contributed by atoms with E-state index in [0.29, 0.717) is 10.8 Å². The summed E-state index contributed by atoms with van der Waals surface area (Å²) in [5.74, 6) is 0. The summed E-state index contributed by atoms with van der Waals surface area (Å²) in [5, 5.41) is 3.94. The number of rotatable bonds is 3. The fourth-order valence-electron chi connectivity index (χ4n) is 1.70. The fourth-order valence-corrected chi connectivity index (χ4v) is 4.09. The first kappa shape index (κ1) is 12.0. The molecule has 1 aliphatic heterocycles. The van der Waals surface area contributed by atoms with E-state index in [1.54, 1.807) is 6.92 Å². The number of thiazole rings is 1. The van der Waals surface area contributed by atoms with E-state index >= 15 is 0 Å². The molecule has 0 saturated carbocycles. The highest BCUT2D eigenvalue weighted by Gasteiger charge is 2.23.